The zero-order chi connectivity index (χ0) is 19.7. The number of nitrogens with one attached hydrogen (secondary N) is 1. The Morgan fingerprint density at radius 1 is 0.889 bits per heavy atom. The Morgan fingerprint density at radius 3 is 2.00 bits per heavy atom. The zero-order valence-corrected chi connectivity index (χ0v) is 17.2. The van der Waals surface area contributed by atoms with E-state index in [9.17, 15) is 0 Å². The van der Waals surface area contributed by atoms with E-state index in [-0.39, 0.29) is 6.17 Å². The highest BCUT2D eigenvalue weighted by atomic mass is 15.0. The zero-order valence-electron chi connectivity index (χ0n) is 17.2. The first-order valence-corrected chi connectivity index (χ1v) is 9.75. The predicted molar refractivity (Wildman–Crippen MR) is 119 cm³/mol. The largest absolute Gasteiger partial charge is 0.372 e. The molecular weight excluding hydrogens is 327 g/mol. The lowest BCUT2D eigenvalue weighted by molar-refractivity contribution is 0.628. The molecule has 1 saturated heterocycles. The number of rotatable bonds is 2. The molecule has 0 aliphatic carbocycles. The number of hydrogen-bond donors (Lipinski definition) is 2. The summed E-state index contributed by atoms with van der Waals surface area (Å²) < 4.78 is 0. The fourth-order valence-corrected chi connectivity index (χ4v) is 4.20. The molecule has 27 heavy (non-hydrogen) atoms. The van der Waals surface area contributed by atoms with E-state index in [1.807, 2.05) is 36.6 Å². The van der Waals surface area contributed by atoms with Crippen molar-refractivity contribution in [2.45, 2.75) is 51.4 Å². The van der Waals surface area contributed by atoms with Crippen LogP contribution in [-0.4, -0.2) is 12.9 Å². The van der Waals surface area contributed by atoms with Gasteiger partial charge in [0.1, 0.15) is 6.17 Å². The summed E-state index contributed by atoms with van der Waals surface area (Å²) in [5.41, 5.74) is 11.0. The number of allylic oxidation sites excluding steroid dienone is 2. The van der Waals surface area contributed by atoms with Crippen LogP contribution in [0.15, 0.2) is 72.9 Å². The van der Waals surface area contributed by atoms with Crippen LogP contribution >= 0.6 is 0 Å². The molecule has 0 radical (unpaired) electrons. The molecule has 1 unspecified atom stereocenters. The second-order valence-electron chi connectivity index (χ2n) is 8.78. The van der Waals surface area contributed by atoms with Crippen molar-refractivity contribution in [3.63, 3.8) is 0 Å². The van der Waals surface area contributed by atoms with Crippen LogP contribution in [0.3, 0.4) is 0 Å². The Kier molecular flexibility index (Phi) is 5.35. The maximum absolute atomic E-state index is 5.88. The van der Waals surface area contributed by atoms with Gasteiger partial charge in [-0.05, 0) is 30.3 Å². The van der Waals surface area contributed by atoms with Gasteiger partial charge in [0.05, 0.1) is 0 Å². The van der Waals surface area contributed by atoms with Gasteiger partial charge in [-0.25, -0.2) is 0 Å². The third-order valence-corrected chi connectivity index (χ3v) is 6.52. The lowest BCUT2D eigenvalue weighted by Crippen LogP contribution is -2.36. The number of nitrogens with two attached hydrogens (primary N) is 1. The number of hydrogen-bond acceptors (Lipinski definition) is 2. The topological polar surface area (TPSA) is 38.0 Å². The van der Waals surface area contributed by atoms with Gasteiger partial charge in [0, 0.05) is 0 Å². The van der Waals surface area contributed by atoms with Gasteiger partial charge in [0.15, 0.2) is 6.71 Å². The average Bonchev–Trinajstić information content (AvgIpc) is 3.06. The van der Waals surface area contributed by atoms with Crippen LogP contribution in [0, 0.1) is 6.92 Å². The van der Waals surface area contributed by atoms with Gasteiger partial charge < -0.3 is 11.1 Å². The van der Waals surface area contributed by atoms with Crippen LogP contribution in [-0.2, 0) is 0 Å². The first kappa shape index (κ1) is 19.5. The average molecular weight is 358 g/mol. The second kappa shape index (κ2) is 7.40. The lowest BCUT2D eigenvalue weighted by Gasteiger charge is -2.19. The fraction of sp³-hybridized carbons (Fsp3) is 0.333. The van der Waals surface area contributed by atoms with Gasteiger partial charge in [0.25, 0.3) is 0 Å². The van der Waals surface area contributed by atoms with E-state index in [4.69, 9.17) is 5.73 Å². The SMILES string of the molecule is Cc1ccc(B2C(C)(C)C2(C)C)cc1.NC1NC=CC=C1c1ccccc1. The Bertz CT molecular complexity index is 818. The van der Waals surface area contributed by atoms with Crippen molar-refractivity contribution in [2.24, 2.45) is 5.73 Å². The maximum atomic E-state index is 5.88. The highest BCUT2D eigenvalue weighted by molar-refractivity contribution is 6.89. The molecule has 0 bridgehead atoms. The molecule has 140 valence electrons. The van der Waals surface area contributed by atoms with Crippen LogP contribution in [0.1, 0.15) is 38.8 Å². The number of aryl methyl sites for hydroxylation is 1. The van der Waals surface area contributed by atoms with Crippen molar-refractivity contribution in [2.75, 3.05) is 0 Å². The summed E-state index contributed by atoms with van der Waals surface area (Å²) in [4.78, 5) is 0. The van der Waals surface area contributed by atoms with E-state index < -0.39 is 0 Å². The van der Waals surface area contributed by atoms with Crippen LogP contribution < -0.4 is 16.5 Å². The van der Waals surface area contributed by atoms with Gasteiger partial charge in [-0.15, -0.1) is 0 Å². The van der Waals surface area contributed by atoms with E-state index in [0.29, 0.717) is 10.6 Å². The molecule has 2 aliphatic heterocycles. The van der Waals surface area contributed by atoms with Crippen molar-refractivity contribution in [3.8, 4) is 0 Å². The molecule has 2 aromatic rings. The van der Waals surface area contributed by atoms with Crippen molar-refractivity contribution in [1.82, 2.24) is 5.32 Å². The normalized spacial score (nSPS) is 21.5. The van der Waals surface area contributed by atoms with E-state index >= 15 is 0 Å². The van der Waals surface area contributed by atoms with E-state index in [1.165, 1.54) is 16.6 Å². The van der Waals surface area contributed by atoms with Crippen molar-refractivity contribution in [3.05, 3.63) is 84.1 Å². The molecule has 2 heterocycles. The summed E-state index contributed by atoms with van der Waals surface area (Å²) in [6, 6.07) is 19.2. The molecule has 2 aromatic carbocycles. The number of benzene rings is 2. The van der Waals surface area contributed by atoms with Gasteiger partial charge in [-0.2, -0.15) is 0 Å². The molecule has 0 saturated carbocycles. The molecular formula is C24H31BN2. The fourth-order valence-electron chi connectivity index (χ4n) is 4.20. The first-order chi connectivity index (χ1) is 12.7. The summed E-state index contributed by atoms with van der Waals surface area (Å²) in [5.74, 6) is 0. The molecule has 2 nitrogen and oxygen atoms in total. The molecule has 3 heteroatoms. The van der Waals surface area contributed by atoms with Crippen molar-refractivity contribution in [1.29, 1.82) is 0 Å². The third-order valence-electron chi connectivity index (χ3n) is 6.52. The molecule has 0 spiro atoms. The van der Waals surface area contributed by atoms with Gasteiger partial charge in [0.2, 0.25) is 0 Å². The minimum Gasteiger partial charge on any atom is -0.372 e. The van der Waals surface area contributed by atoms with Crippen molar-refractivity contribution < 1.29 is 0 Å². The highest BCUT2D eigenvalue weighted by Gasteiger charge is 2.67. The van der Waals surface area contributed by atoms with E-state index in [0.717, 1.165) is 12.3 Å². The Balaban J connectivity index is 0.000000156. The second-order valence-corrected chi connectivity index (χ2v) is 8.78. The van der Waals surface area contributed by atoms with E-state index in [2.05, 4.69) is 76.3 Å². The van der Waals surface area contributed by atoms with Crippen LogP contribution in [0.2, 0.25) is 10.6 Å². The Hall–Kier alpha value is -2.26. The van der Waals surface area contributed by atoms with Crippen LogP contribution in [0.25, 0.3) is 5.57 Å². The van der Waals surface area contributed by atoms with Crippen molar-refractivity contribution >= 4 is 17.7 Å². The summed E-state index contributed by atoms with van der Waals surface area (Å²) in [6.45, 7) is 12.4. The summed E-state index contributed by atoms with van der Waals surface area (Å²) in [7, 11) is 0. The van der Waals surface area contributed by atoms with Crippen LogP contribution in [0.5, 0.6) is 0 Å². The monoisotopic (exact) mass is 358 g/mol. The Labute approximate surface area is 164 Å². The molecule has 1 atom stereocenters. The molecule has 4 rings (SSSR count). The Morgan fingerprint density at radius 2 is 1.48 bits per heavy atom. The molecule has 1 fully saturated rings. The van der Waals surface area contributed by atoms with Crippen LogP contribution in [0.4, 0.5) is 0 Å². The smallest absolute Gasteiger partial charge is 0.187 e. The van der Waals surface area contributed by atoms with Gasteiger partial charge in [-0.1, -0.05) is 110 Å². The minimum absolute atomic E-state index is 0.0904. The molecule has 0 aromatic heterocycles. The lowest BCUT2D eigenvalue weighted by atomic mass is 9.53. The minimum atomic E-state index is -0.0904. The maximum Gasteiger partial charge on any atom is 0.187 e. The number of dihydropyridines is 1. The summed E-state index contributed by atoms with van der Waals surface area (Å²) in [6.07, 6.45) is 5.77. The molecule has 2 aliphatic rings. The summed E-state index contributed by atoms with van der Waals surface area (Å²) >= 11 is 0. The first-order valence-electron chi connectivity index (χ1n) is 9.75. The van der Waals surface area contributed by atoms with Gasteiger partial charge in [-0.3, -0.25) is 0 Å². The predicted octanol–water partition coefficient (Wildman–Crippen LogP) is 4.74. The quantitative estimate of drug-likeness (QED) is 0.761. The molecule has 3 N–H and O–H groups in total. The van der Waals surface area contributed by atoms with E-state index in [1.54, 1.807) is 0 Å². The third kappa shape index (κ3) is 3.89. The molecule has 0 amide bonds. The standard InChI is InChI=1S/C13H19B.C11H12N2/c1-10-6-8-11(9-7-10)14-12(2,3)13(14,4)5;12-11-10(7-4-8-13-11)9-5-2-1-3-6-9/h6-9H,1-5H3;1-8,11,13H,12H2. The summed E-state index contributed by atoms with van der Waals surface area (Å²) in [5, 5.41) is 3.98. The highest BCUT2D eigenvalue weighted by Crippen LogP contribution is 2.73. The van der Waals surface area contributed by atoms with Gasteiger partial charge >= 0.3 is 0 Å².